The van der Waals surface area contributed by atoms with Gasteiger partial charge < -0.3 is 15.2 Å². The molecule has 0 amide bonds. The van der Waals surface area contributed by atoms with Crippen LogP contribution in [-0.2, 0) is 11.3 Å². The van der Waals surface area contributed by atoms with Crippen molar-refractivity contribution in [2.45, 2.75) is 51.4 Å². The van der Waals surface area contributed by atoms with Gasteiger partial charge in [-0.25, -0.2) is 4.98 Å². The second-order valence-electron chi connectivity index (χ2n) is 4.88. The summed E-state index contributed by atoms with van der Waals surface area (Å²) < 4.78 is 5.67. The Morgan fingerprint density at radius 3 is 3.00 bits per heavy atom. The maximum absolute atomic E-state index is 9.79. The van der Waals surface area contributed by atoms with E-state index in [1.807, 2.05) is 12.3 Å². The van der Waals surface area contributed by atoms with Crippen LogP contribution in [0.3, 0.4) is 0 Å². The third kappa shape index (κ3) is 4.65. The predicted molar refractivity (Wildman–Crippen MR) is 72.8 cm³/mol. The molecule has 2 N–H and O–H groups in total. The lowest BCUT2D eigenvalue weighted by atomic mass is 10.3. The molecule has 1 fully saturated rings. The molecule has 0 spiro atoms. The van der Waals surface area contributed by atoms with Crippen molar-refractivity contribution in [3.8, 4) is 0 Å². The second-order valence-corrected chi connectivity index (χ2v) is 5.94. The van der Waals surface area contributed by atoms with Crippen molar-refractivity contribution >= 4 is 11.3 Å². The zero-order chi connectivity index (χ0) is 12.8. The van der Waals surface area contributed by atoms with Gasteiger partial charge in [0.05, 0.1) is 29.5 Å². The lowest BCUT2D eigenvalue weighted by Crippen LogP contribution is -2.31. The molecule has 1 saturated carbocycles. The van der Waals surface area contributed by atoms with E-state index in [-0.39, 0.29) is 0 Å². The maximum Gasteiger partial charge on any atom is 0.0897 e. The molecule has 1 heterocycles. The van der Waals surface area contributed by atoms with E-state index in [0.717, 1.165) is 23.5 Å². The van der Waals surface area contributed by atoms with Gasteiger partial charge in [0, 0.05) is 18.5 Å². The summed E-state index contributed by atoms with van der Waals surface area (Å²) in [6.45, 7) is 3.71. The minimum absolute atomic E-state index is 0.376. The van der Waals surface area contributed by atoms with Gasteiger partial charge in [-0.2, -0.15) is 0 Å². The van der Waals surface area contributed by atoms with E-state index in [9.17, 15) is 5.11 Å². The number of aromatic nitrogens is 1. The normalized spacial score (nSPS) is 18.3. The molecule has 1 aromatic rings. The Balaban J connectivity index is 1.55. The first-order valence-electron chi connectivity index (χ1n) is 6.65. The number of nitrogens with one attached hydrogen (secondary N) is 1. The van der Waals surface area contributed by atoms with Crippen molar-refractivity contribution < 1.29 is 9.84 Å². The summed E-state index contributed by atoms with van der Waals surface area (Å²) in [5.41, 5.74) is 1.04. The first-order chi connectivity index (χ1) is 8.74. The highest BCUT2D eigenvalue weighted by Gasteiger charge is 2.16. The van der Waals surface area contributed by atoms with E-state index in [4.69, 9.17) is 4.74 Å². The summed E-state index contributed by atoms with van der Waals surface area (Å²) in [7, 11) is 0. The molecule has 102 valence electrons. The van der Waals surface area contributed by atoms with Gasteiger partial charge in [-0.1, -0.05) is 12.8 Å². The van der Waals surface area contributed by atoms with Gasteiger partial charge in [-0.15, -0.1) is 11.3 Å². The number of nitrogens with zero attached hydrogens (tertiary/aromatic N) is 1. The van der Waals surface area contributed by atoms with Crippen LogP contribution in [0.25, 0.3) is 0 Å². The van der Waals surface area contributed by atoms with Crippen molar-refractivity contribution in [1.29, 1.82) is 0 Å². The van der Waals surface area contributed by atoms with Gasteiger partial charge in [0.2, 0.25) is 0 Å². The molecule has 1 aliphatic carbocycles. The van der Waals surface area contributed by atoms with Crippen LogP contribution in [0.2, 0.25) is 0 Å². The van der Waals surface area contributed by atoms with Crippen molar-refractivity contribution in [1.82, 2.24) is 10.3 Å². The van der Waals surface area contributed by atoms with Gasteiger partial charge in [0.15, 0.2) is 0 Å². The van der Waals surface area contributed by atoms with Crippen LogP contribution in [-0.4, -0.2) is 35.5 Å². The minimum Gasteiger partial charge on any atom is -0.389 e. The summed E-state index contributed by atoms with van der Waals surface area (Å²) in [6, 6.07) is 0. The highest BCUT2D eigenvalue weighted by molar-refractivity contribution is 7.09. The van der Waals surface area contributed by atoms with Crippen LogP contribution in [0, 0.1) is 6.92 Å². The van der Waals surface area contributed by atoms with Crippen LogP contribution in [0.1, 0.15) is 36.4 Å². The van der Waals surface area contributed by atoms with E-state index in [0.29, 0.717) is 25.8 Å². The smallest absolute Gasteiger partial charge is 0.0897 e. The molecular weight excluding hydrogens is 248 g/mol. The zero-order valence-electron chi connectivity index (χ0n) is 10.9. The quantitative estimate of drug-likeness (QED) is 0.794. The first kappa shape index (κ1) is 13.9. The highest BCUT2D eigenvalue weighted by Crippen LogP contribution is 2.20. The van der Waals surface area contributed by atoms with Crippen LogP contribution < -0.4 is 5.32 Å². The Hall–Kier alpha value is -0.490. The molecule has 0 bridgehead atoms. The van der Waals surface area contributed by atoms with Crippen LogP contribution in [0.15, 0.2) is 5.38 Å². The molecule has 5 heteroatoms. The van der Waals surface area contributed by atoms with Gasteiger partial charge in [0.25, 0.3) is 0 Å². The van der Waals surface area contributed by atoms with Gasteiger partial charge in [-0.05, 0) is 19.8 Å². The number of hydrogen-bond donors (Lipinski definition) is 2. The molecule has 1 unspecified atom stereocenters. The Morgan fingerprint density at radius 1 is 1.56 bits per heavy atom. The molecule has 0 aromatic carbocycles. The molecule has 1 atom stereocenters. The number of rotatable bonds is 7. The van der Waals surface area contributed by atoms with Crippen molar-refractivity contribution in [3.63, 3.8) is 0 Å². The number of hydrogen-bond acceptors (Lipinski definition) is 5. The van der Waals surface area contributed by atoms with Gasteiger partial charge in [0.1, 0.15) is 0 Å². The number of aryl methyl sites for hydroxylation is 1. The number of aliphatic hydroxyl groups excluding tert-OH is 1. The fourth-order valence-corrected chi connectivity index (χ4v) is 2.83. The minimum atomic E-state index is -0.426. The van der Waals surface area contributed by atoms with Crippen molar-refractivity contribution in [2.24, 2.45) is 0 Å². The molecule has 0 radical (unpaired) electrons. The first-order valence-corrected chi connectivity index (χ1v) is 7.53. The van der Waals surface area contributed by atoms with Crippen molar-refractivity contribution in [3.05, 3.63) is 16.1 Å². The molecule has 0 aliphatic heterocycles. The second kappa shape index (κ2) is 7.19. The van der Waals surface area contributed by atoms with Gasteiger partial charge >= 0.3 is 0 Å². The van der Waals surface area contributed by atoms with Crippen LogP contribution in [0.4, 0.5) is 0 Å². The third-order valence-corrected chi connectivity index (χ3v) is 4.00. The SMILES string of the molecule is Cc1nc(CNCC(O)COC2CCCC2)cs1. The average Bonchev–Trinajstić information content (AvgIpc) is 2.98. The van der Waals surface area contributed by atoms with Gasteiger partial charge in [-0.3, -0.25) is 0 Å². The largest absolute Gasteiger partial charge is 0.389 e. The fraction of sp³-hybridized carbons (Fsp3) is 0.769. The molecular formula is C13H22N2O2S. The Kier molecular flexibility index (Phi) is 5.56. The fourth-order valence-electron chi connectivity index (χ4n) is 2.22. The Labute approximate surface area is 112 Å². The van der Waals surface area contributed by atoms with E-state index >= 15 is 0 Å². The monoisotopic (exact) mass is 270 g/mol. The average molecular weight is 270 g/mol. The zero-order valence-corrected chi connectivity index (χ0v) is 11.7. The molecule has 4 nitrogen and oxygen atoms in total. The van der Waals surface area contributed by atoms with Crippen molar-refractivity contribution in [2.75, 3.05) is 13.2 Å². The van der Waals surface area contributed by atoms with E-state index < -0.39 is 6.10 Å². The van der Waals surface area contributed by atoms with E-state index in [1.165, 1.54) is 12.8 Å². The Morgan fingerprint density at radius 2 is 2.33 bits per heavy atom. The predicted octanol–water partition coefficient (Wildman–Crippen LogP) is 1.86. The molecule has 1 aromatic heterocycles. The standard InChI is InChI=1S/C13H22N2O2S/c1-10-15-11(9-18-10)6-14-7-12(16)8-17-13-4-2-3-5-13/h9,12-14,16H,2-8H2,1H3. The lowest BCUT2D eigenvalue weighted by molar-refractivity contribution is -0.00551. The molecule has 1 aliphatic rings. The highest BCUT2D eigenvalue weighted by atomic mass is 32.1. The Bertz CT molecular complexity index is 351. The summed E-state index contributed by atoms with van der Waals surface area (Å²) >= 11 is 1.65. The summed E-state index contributed by atoms with van der Waals surface area (Å²) in [5, 5.41) is 16.1. The number of ether oxygens (including phenoxy) is 1. The van der Waals surface area contributed by atoms with Crippen LogP contribution >= 0.6 is 11.3 Å². The molecule has 2 rings (SSSR count). The van der Waals surface area contributed by atoms with E-state index in [2.05, 4.69) is 10.3 Å². The topological polar surface area (TPSA) is 54.4 Å². The number of thiazole rings is 1. The van der Waals surface area contributed by atoms with Crippen LogP contribution in [0.5, 0.6) is 0 Å². The van der Waals surface area contributed by atoms with E-state index in [1.54, 1.807) is 11.3 Å². The summed E-state index contributed by atoms with van der Waals surface area (Å²) in [5.74, 6) is 0. The molecule has 0 saturated heterocycles. The summed E-state index contributed by atoms with van der Waals surface area (Å²) in [6.07, 6.45) is 4.78. The third-order valence-electron chi connectivity index (χ3n) is 3.18. The molecule has 18 heavy (non-hydrogen) atoms. The maximum atomic E-state index is 9.79. The number of aliphatic hydroxyl groups is 1. The lowest BCUT2D eigenvalue weighted by Gasteiger charge is -2.15. The summed E-state index contributed by atoms with van der Waals surface area (Å²) in [4.78, 5) is 4.36.